The first-order valence-corrected chi connectivity index (χ1v) is 10.8. The van der Waals surface area contributed by atoms with Crippen LogP contribution in [0.15, 0.2) is 42.5 Å². The summed E-state index contributed by atoms with van der Waals surface area (Å²) >= 11 is 6.23. The molecule has 0 spiro atoms. The standard InChI is InChI=1S/C23H28ClN3O3/c1-2-30-19-11-8-16(9-12-19)25-15-22(28)26-18-10-13-21(24)20(14-18)23(29)27-17-6-4-3-5-7-17/h8-14,17,25H,2-7,15H2,1H3,(H,26,28)(H,27,29). The predicted molar refractivity (Wildman–Crippen MR) is 121 cm³/mol. The van der Waals surface area contributed by atoms with Gasteiger partial charge in [0.1, 0.15) is 5.75 Å². The molecule has 1 aliphatic carbocycles. The first-order chi connectivity index (χ1) is 14.5. The van der Waals surface area contributed by atoms with E-state index in [1.54, 1.807) is 18.2 Å². The second kappa shape index (κ2) is 10.9. The summed E-state index contributed by atoms with van der Waals surface area (Å²) in [6.45, 7) is 2.63. The van der Waals surface area contributed by atoms with Crippen LogP contribution >= 0.6 is 11.6 Å². The van der Waals surface area contributed by atoms with Gasteiger partial charge in [-0.05, 0) is 62.2 Å². The molecule has 2 aromatic rings. The van der Waals surface area contributed by atoms with Crippen LogP contribution in [-0.4, -0.2) is 31.0 Å². The number of amides is 2. The van der Waals surface area contributed by atoms with E-state index in [9.17, 15) is 9.59 Å². The highest BCUT2D eigenvalue weighted by molar-refractivity contribution is 6.34. The Morgan fingerprint density at radius 1 is 1.03 bits per heavy atom. The maximum Gasteiger partial charge on any atom is 0.253 e. The number of benzene rings is 2. The average Bonchev–Trinajstić information content (AvgIpc) is 2.75. The number of hydrogen-bond acceptors (Lipinski definition) is 4. The van der Waals surface area contributed by atoms with Crippen LogP contribution in [-0.2, 0) is 4.79 Å². The van der Waals surface area contributed by atoms with Gasteiger partial charge in [0.15, 0.2) is 0 Å². The highest BCUT2D eigenvalue weighted by Crippen LogP contribution is 2.23. The van der Waals surface area contributed by atoms with Crippen LogP contribution in [0.2, 0.25) is 5.02 Å². The Kier molecular flexibility index (Phi) is 7.97. The largest absolute Gasteiger partial charge is 0.494 e. The van der Waals surface area contributed by atoms with E-state index in [-0.39, 0.29) is 24.4 Å². The van der Waals surface area contributed by atoms with E-state index in [4.69, 9.17) is 16.3 Å². The zero-order valence-corrected chi connectivity index (χ0v) is 17.9. The summed E-state index contributed by atoms with van der Waals surface area (Å²) in [7, 11) is 0. The molecule has 2 aromatic carbocycles. The Bertz CT molecular complexity index is 864. The van der Waals surface area contributed by atoms with Crippen molar-refractivity contribution >= 4 is 34.8 Å². The maximum absolute atomic E-state index is 12.6. The van der Waals surface area contributed by atoms with Gasteiger partial charge < -0.3 is 20.7 Å². The van der Waals surface area contributed by atoms with Gasteiger partial charge in [-0.25, -0.2) is 0 Å². The number of nitrogens with one attached hydrogen (secondary N) is 3. The van der Waals surface area contributed by atoms with E-state index in [2.05, 4.69) is 16.0 Å². The zero-order valence-electron chi connectivity index (χ0n) is 17.2. The summed E-state index contributed by atoms with van der Waals surface area (Å²) < 4.78 is 5.40. The van der Waals surface area contributed by atoms with E-state index in [1.807, 2.05) is 31.2 Å². The monoisotopic (exact) mass is 429 g/mol. The van der Waals surface area contributed by atoms with E-state index in [0.29, 0.717) is 22.9 Å². The highest BCUT2D eigenvalue weighted by Gasteiger charge is 2.19. The van der Waals surface area contributed by atoms with Crippen molar-refractivity contribution in [2.45, 2.75) is 45.1 Å². The molecule has 30 heavy (non-hydrogen) atoms. The molecule has 0 bridgehead atoms. The lowest BCUT2D eigenvalue weighted by molar-refractivity contribution is -0.114. The summed E-state index contributed by atoms with van der Waals surface area (Å²) in [4.78, 5) is 24.9. The Balaban J connectivity index is 1.54. The van der Waals surface area contributed by atoms with Crippen molar-refractivity contribution in [2.75, 3.05) is 23.8 Å². The molecule has 0 atom stereocenters. The summed E-state index contributed by atoms with van der Waals surface area (Å²) in [5, 5.41) is 9.30. The van der Waals surface area contributed by atoms with Crippen LogP contribution < -0.4 is 20.7 Å². The van der Waals surface area contributed by atoms with Gasteiger partial charge in [0.05, 0.1) is 23.7 Å². The van der Waals surface area contributed by atoms with Crippen LogP contribution in [0.1, 0.15) is 49.4 Å². The lowest BCUT2D eigenvalue weighted by atomic mass is 9.95. The topological polar surface area (TPSA) is 79.5 Å². The van der Waals surface area contributed by atoms with Gasteiger partial charge in [0.25, 0.3) is 5.91 Å². The van der Waals surface area contributed by atoms with Crippen molar-refractivity contribution in [1.29, 1.82) is 0 Å². The maximum atomic E-state index is 12.6. The minimum absolute atomic E-state index is 0.0974. The molecular formula is C23H28ClN3O3. The Morgan fingerprint density at radius 2 is 1.73 bits per heavy atom. The first kappa shape index (κ1) is 22.0. The van der Waals surface area contributed by atoms with Crippen molar-refractivity contribution in [3.8, 4) is 5.75 Å². The molecule has 2 amide bonds. The molecular weight excluding hydrogens is 402 g/mol. The van der Waals surface area contributed by atoms with Crippen molar-refractivity contribution in [1.82, 2.24) is 5.32 Å². The Hall–Kier alpha value is -2.73. The van der Waals surface area contributed by atoms with Gasteiger partial charge in [-0.15, -0.1) is 0 Å². The number of halogens is 1. The molecule has 1 saturated carbocycles. The molecule has 0 aliphatic heterocycles. The summed E-state index contributed by atoms with van der Waals surface area (Å²) in [5.41, 5.74) is 1.73. The molecule has 0 aromatic heterocycles. The van der Waals surface area contributed by atoms with Gasteiger partial charge in [0, 0.05) is 17.4 Å². The van der Waals surface area contributed by atoms with Gasteiger partial charge in [-0.1, -0.05) is 30.9 Å². The van der Waals surface area contributed by atoms with E-state index < -0.39 is 0 Å². The Morgan fingerprint density at radius 3 is 2.43 bits per heavy atom. The molecule has 6 nitrogen and oxygen atoms in total. The summed E-state index contributed by atoms with van der Waals surface area (Å²) in [6, 6.07) is 12.5. The summed E-state index contributed by atoms with van der Waals surface area (Å²) in [6.07, 6.45) is 5.49. The van der Waals surface area contributed by atoms with Crippen molar-refractivity contribution in [2.24, 2.45) is 0 Å². The molecule has 0 saturated heterocycles. The van der Waals surface area contributed by atoms with Crippen molar-refractivity contribution in [3.63, 3.8) is 0 Å². The molecule has 7 heteroatoms. The van der Waals surface area contributed by atoms with Crippen LogP contribution in [0.4, 0.5) is 11.4 Å². The molecule has 160 valence electrons. The van der Waals surface area contributed by atoms with E-state index in [0.717, 1.165) is 37.1 Å². The lowest BCUT2D eigenvalue weighted by Crippen LogP contribution is -2.36. The molecule has 0 radical (unpaired) electrons. The molecule has 3 rings (SSSR count). The number of carbonyl (C=O) groups is 2. The van der Waals surface area contributed by atoms with E-state index in [1.165, 1.54) is 6.42 Å². The second-order valence-corrected chi connectivity index (χ2v) is 7.77. The average molecular weight is 430 g/mol. The van der Waals surface area contributed by atoms with Crippen molar-refractivity contribution in [3.05, 3.63) is 53.1 Å². The van der Waals surface area contributed by atoms with E-state index >= 15 is 0 Å². The quantitative estimate of drug-likeness (QED) is 0.560. The fraction of sp³-hybridized carbons (Fsp3) is 0.391. The number of ether oxygens (including phenoxy) is 1. The normalized spacial score (nSPS) is 14.1. The Labute approximate surface area is 182 Å². The SMILES string of the molecule is CCOc1ccc(NCC(=O)Nc2ccc(Cl)c(C(=O)NC3CCCCC3)c2)cc1. The summed E-state index contributed by atoms with van der Waals surface area (Å²) in [5.74, 6) is 0.369. The minimum atomic E-state index is -0.218. The molecule has 0 unspecified atom stereocenters. The zero-order chi connectivity index (χ0) is 21.3. The minimum Gasteiger partial charge on any atom is -0.494 e. The fourth-order valence-electron chi connectivity index (χ4n) is 3.51. The third-order valence-corrected chi connectivity index (χ3v) is 5.38. The van der Waals surface area contributed by atoms with Gasteiger partial charge in [-0.2, -0.15) is 0 Å². The van der Waals surface area contributed by atoms with Crippen LogP contribution in [0.5, 0.6) is 5.75 Å². The number of hydrogen-bond donors (Lipinski definition) is 3. The third-order valence-electron chi connectivity index (χ3n) is 5.05. The van der Waals surface area contributed by atoms with Crippen molar-refractivity contribution < 1.29 is 14.3 Å². The number of anilines is 2. The first-order valence-electron chi connectivity index (χ1n) is 10.4. The van der Waals surface area contributed by atoms with Crippen LogP contribution in [0.25, 0.3) is 0 Å². The smallest absolute Gasteiger partial charge is 0.253 e. The van der Waals surface area contributed by atoms with Gasteiger partial charge in [0.2, 0.25) is 5.91 Å². The molecule has 3 N–H and O–H groups in total. The fourth-order valence-corrected chi connectivity index (χ4v) is 3.71. The lowest BCUT2D eigenvalue weighted by Gasteiger charge is -2.23. The third kappa shape index (κ3) is 6.39. The number of rotatable bonds is 8. The predicted octanol–water partition coefficient (Wildman–Crippen LogP) is 4.85. The highest BCUT2D eigenvalue weighted by atomic mass is 35.5. The molecule has 0 heterocycles. The van der Waals surface area contributed by atoms with Crippen LogP contribution in [0, 0.1) is 0 Å². The second-order valence-electron chi connectivity index (χ2n) is 7.36. The van der Waals surface area contributed by atoms with Gasteiger partial charge >= 0.3 is 0 Å². The number of carbonyl (C=O) groups excluding carboxylic acids is 2. The van der Waals surface area contributed by atoms with Crippen LogP contribution in [0.3, 0.4) is 0 Å². The van der Waals surface area contributed by atoms with Gasteiger partial charge in [-0.3, -0.25) is 9.59 Å². The molecule has 1 fully saturated rings. The molecule has 1 aliphatic rings.